The van der Waals surface area contributed by atoms with Gasteiger partial charge >= 0.3 is 0 Å². The highest BCUT2D eigenvalue weighted by atomic mass is 16.5. The molecular formula is C17H16O4. The van der Waals surface area contributed by atoms with Crippen molar-refractivity contribution >= 4 is 11.0 Å². The lowest BCUT2D eigenvalue weighted by Crippen LogP contribution is -1.89. The fraction of sp³-hybridized carbons (Fsp3) is 0.176. The van der Waals surface area contributed by atoms with E-state index in [1.54, 1.807) is 7.11 Å². The summed E-state index contributed by atoms with van der Waals surface area (Å²) >= 11 is 0. The summed E-state index contributed by atoms with van der Waals surface area (Å²) in [5, 5.41) is 20.4. The average molecular weight is 284 g/mol. The van der Waals surface area contributed by atoms with E-state index in [-0.39, 0.29) is 11.5 Å². The Balaban J connectivity index is 2.02. The normalized spacial score (nSPS) is 11.0. The van der Waals surface area contributed by atoms with Crippen molar-refractivity contribution in [2.24, 2.45) is 0 Å². The molecule has 21 heavy (non-hydrogen) atoms. The molecule has 1 heterocycles. The molecule has 4 heteroatoms. The summed E-state index contributed by atoms with van der Waals surface area (Å²) in [4.78, 5) is 0. The lowest BCUT2D eigenvalue weighted by Gasteiger charge is -2.02. The van der Waals surface area contributed by atoms with E-state index in [0.29, 0.717) is 17.4 Å². The quantitative estimate of drug-likeness (QED) is 0.719. The van der Waals surface area contributed by atoms with Crippen molar-refractivity contribution in [2.75, 3.05) is 7.11 Å². The number of furan rings is 1. The van der Waals surface area contributed by atoms with Crippen molar-refractivity contribution in [3.05, 3.63) is 53.3 Å². The first-order valence-electron chi connectivity index (χ1n) is 6.66. The lowest BCUT2D eigenvalue weighted by atomic mass is 10.1. The molecule has 0 spiro atoms. The minimum Gasteiger partial charge on any atom is -0.507 e. The minimum atomic E-state index is 0.0341. The van der Waals surface area contributed by atoms with Crippen LogP contribution in [-0.2, 0) is 6.42 Å². The van der Waals surface area contributed by atoms with Crippen molar-refractivity contribution < 1.29 is 19.4 Å². The van der Waals surface area contributed by atoms with Crippen LogP contribution in [0.15, 0.2) is 40.8 Å². The van der Waals surface area contributed by atoms with Gasteiger partial charge in [-0.3, -0.25) is 0 Å². The van der Waals surface area contributed by atoms with E-state index in [1.165, 1.54) is 12.1 Å². The Bertz CT molecular complexity index is 785. The number of aryl methyl sites for hydroxylation is 1. The number of aromatic hydroxyl groups is 2. The van der Waals surface area contributed by atoms with Crippen LogP contribution in [0.4, 0.5) is 0 Å². The molecule has 4 nitrogen and oxygen atoms in total. The number of rotatable bonds is 3. The zero-order valence-corrected chi connectivity index (χ0v) is 11.9. The van der Waals surface area contributed by atoms with Gasteiger partial charge in [0.05, 0.1) is 12.5 Å². The van der Waals surface area contributed by atoms with Crippen LogP contribution < -0.4 is 4.74 Å². The Morgan fingerprint density at radius 1 is 1.00 bits per heavy atom. The lowest BCUT2D eigenvalue weighted by molar-refractivity contribution is 0.414. The molecule has 0 aliphatic carbocycles. The van der Waals surface area contributed by atoms with Crippen molar-refractivity contribution in [2.45, 2.75) is 13.3 Å². The summed E-state index contributed by atoms with van der Waals surface area (Å²) in [6.45, 7) is 1.88. The zero-order chi connectivity index (χ0) is 15.0. The highest BCUT2D eigenvalue weighted by Gasteiger charge is 2.17. The Hall–Kier alpha value is -2.62. The molecule has 0 saturated carbocycles. The van der Waals surface area contributed by atoms with Crippen LogP contribution in [-0.4, -0.2) is 17.3 Å². The molecule has 0 fully saturated rings. The van der Waals surface area contributed by atoms with Gasteiger partial charge in [0.2, 0.25) is 0 Å². The number of hydrogen-bond acceptors (Lipinski definition) is 4. The van der Waals surface area contributed by atoms with Crippen LogP contribution in [0.25, 0.3) is 11.0 Å². The van der Waals surface area contributed by atoms with Gasteiger partial charge in [0.15, 0.2) is 11.3 Å². The van der Waals surface area contributed by atoms with E-state index in [2.05, 4.69) is 0 Å². The fourth-order valence-corrected chi connectivity index (χ4v) is 2.46. The molecule has 2 aromatic carbocycles. The molecule has 0 atom stereocenters. The van der Waals surface area contributed by atoms with Crippen LogP contribution >= 0.6 is 0 Å². The zero-order valence-electron chi connectivity index (χ0n) is 11.9. The number of phenols is 2. The summed E-state index contributed by atoms with van der Waals surface area (Å²) in [5.41, 5.74) is 2.24. The standard InChI is InChI=1S/C17H16O4/c1-10-15(9-11-3-5-12(20-2)6-4-11)21-17-14(19)8-7-13(18)16(10)17/h3-8,18-19H,9H2,1-2H3. The van der Waals surface area contributed by atoms with Gasteiger partial charge in [0.25, 0.3) is 0 Å². The summed E-state index contributed by atoms with van der Waals surface area (Å²) in [6.07, 6.45) is 0.587. The summed E-state index contributed by atoms with van der Waals surface area (Å²) in [5.74, 6) is 1.68. The first kappa shape index (κ1) is 13.4. The Kier molecular flexibility index (Phi) is 3.22. The van der Waals surface area contributed by atoms with Gasteiger partial charge in [-0.1, -0.05) is 12.1 Å². The fourth-order valence-electron chi connectivity index (χ4n) is 2.46. The number of phenolic OH excluding ortho intramolecular Hbond substituents is 2. The highest BCUT2D eigenvalue weighted by molar-refractivity contribution is 5.92. The Morgan fingerprint density at radius 2 is 1.67 bits per heavy atom. The van der Waals surface area contributed by atoms with E-state index in [0.717, 1.165) is 22.6 Å². The number of benzene rings is 2. The molecule has 0 aliphatic heterocycles. The van der Waals surface area contributed by atoms with Gasteiger partial charge in [-0.25, -0.2) is 0 Å². The van der Waals surface area contributed by atoms with E-state index >= 15 is 0 Å². The summed E-state index contributed by atoms with van der Waals surface area (Å²) < 4.78 is 10.9. The molecular weight excluding hydrogens is 268 g/mol. The van der Waals surface area contributed by atoms with E-state index in [4.69, 9.17) is 9.15 Å². The summed E-state index contributed by atoms with van der Waals surface area (Å²) in [7, 11) is 1.63. The predicted octanol–water partition coefficient (Wildman–Crippen LogP) is 3.75. The third kappa shape index (κ3) is 2.29. The van der Waals surface area contributed by atoms with Gasteiger partial charge < -0.3 is 19.4 Å². The molecule has 0 aliphatic rings. The van der Waals surface area contributed by atoms with Gasteiger partial charge in [0.1, 0.15) is 17.3 Å². The molecule has 3 aromatic rings. The van der Waals surface area contributed by atoms with Crippen LogP contribution in [0.5, 0.6) is 17.2 Å². The van der Waals surface area contributed by atoms with Gasteiger partial charge in [-0.15, -0.1) is 0 Å². The maximum Gasteiger partial charge on any atom is 0.179 e. The van der Waals surface area contributed by atoms with Crippen LogP contribution in [0, 0.1) is 6.92 Å². The molecule has 0 unspecified atom stereocenters. The van der Waals surface area contributed by atoms with Gasteiger partial charge in [-0.2, -0.15) is 0 Å². The third-order valence-electron chi connectivity index (χ3n) is 3.66. The van der Waals surface area contributed by atoms with Crippen molar-refractivity contribution in [1.82, 2.24) is 0 Å². The van der Waals surface area contributed by atoms with Crippen LogP contribution in [0.3, 0.4) is 0 Å². The highest BCUT2D eigenvalue weighted by Crippen LogP contribution is 2.38. The van der Waals surface area contributed by atoms with Gasteiger partial charge in [-0.05, 0) is 36.8 Å². The molecule has 0 radical (unpaired) electrons. The maximum absolute atomic E-state index is 9.94. The predicted molar refractivity (Wildman–Crippen MR) is 80.1 cm³/mol. The van der Waals surface area contributed by atoms with Crippen LogP contribution in [0.1, 0.15) is 16.9 Å². The second-order valence-corrected chi connectivity index (χ2v) is 4.98. The Labute approximate surface area is 122 Å². The van der Waals surface area contributed by atoms with Crippen molar-refractivity contribution in [1.29, 1.82) is 0 Å². The molecule has 3 rings (SSSR count). The number of ether oxygens (including phenoxy) is 1. The SMILES string of the molecule is COc1ccc(Cc2oc3c(O)ccc(O)c3c2C)cc1. The molecule has 0 saturated heterocycles. The second-order valence-electron chi connectivity index (χ2n) is 4.98. The summed E-state index contributed by atoms with van der Waals surface area (Å²) in [6, 6.07) is 10.6. The van der Waals surface area contributed by atoms with Crippen molar-refractivity contribution in [3.8, 4) is 17.2 Å². The molecule has 0 amide bonds. The monoisotopic (exact) mass is 284 g/mol. The largest absolute Gasteiger partial charge is 0.507 e. The molecule has 0 bridgehead atoms. The first-order valence-corrected chi connectivity index (χ1v) is 6.66. The molecule has 1 aromatic heterocycles. The maximum atomic E-state index is 9.94. The van der Waals surface area contributed by atoms with Gasteiger partial charge in [0, 0.05) is 12.0 Å². The van der Waals surface area contributed by atoms with Crippen LogP contribution in [0.2, 0.25) is 0 Å². The van der Waals surface area contributed by atoms with E-state index in [1.807, 2.05) is 31.2 Å². The van der Waals surface area contributed by atoms with Crippen molar-refractivity contribution in [3.63, 3.8) is 0 Å². The number of methoxy groups -OCH3 is 1. The first-order chi connectivity index (χ1) is 10.1. The topological polar surface area (TPSA) is 62.8 Å². The van der Waals surface area contributed by atoms with E-state index in [9.17, 15) is 10.2 Å². The second kappa shape index (κ2) is 5.05. The molecule has 108 valence electrons. The number of fused-ring (bicyclic) bond motifs is 1. The minimum absolute atomic E-state index is 0.0341. The Morgan fingerprint density at radius 3 is 2.29 bits per heavy atom. The molecule has 2 N–H and O–H groups in total. The van der Waals surface area contributed by atoms with E-state index < -0.39 is 0 Å². The number of hydrogen-bond donors (Lipinski definition) is 2. The average Bonchev–Trinajstić information content (AvgIpc) is 2.82. The third-order valence-corrected chi connectivity index (χ3v) is 3.66. The smallest absolute Gasteiger partial charge is 0.179 e.